The number of halogens is 1. The van der Waals surface area contributed by atoms with Gasteiger partial charge in [0.1, 0.15) is 5.71 Å². The number of nitrogens with zero attached hydrogens (tertiary/aromatic N) is 1. The maximum atomic E-state index is 13.1. The van der Waals surface area contributed by atoms with Crippen molar-refractivity contribution in [2.45, 2.75) is 9.79 Å². The second-order valence-electron chi connectivity index (χ2n) is 5.74. The van der Waals surface area contributed by atoms with Crippen molar-refractivity contribution < 1.29 is 14.7 Å². The molecule has 0 aliphatic heterocycles. The van der Waals surface area contributed by atoms with Crippen molar-refractivity contribution in [3.05, 3.63) is 94.5 Å². The molecule has 3 N–H and O–H groups in total. The van der Waals surface area contributed by atoms with Crippen LogP contribution in [0.1, 0.15) is 26.3 Å². The van der Waals surface area contributed by atoms with E-state index < -0.39 is 5.97 Å². The van der Waals surface area contributed by atoms with Gasteiger partial charge in [0.15, 0.2) is 0 Å². The average molecular weight is 411 g/mol. The molecule has 0 bridgehead atoms. The number of Topliss-reactive ketones (excluding diaryl/α,β-unsaturated/α-hetero) is 1. The van der Waals surface area contributed by atoms with Crippen LogP contribution in [-0.2, 0) is 0 Å². The molecule has 0 aliphatic carbocycles. The summed E-state index contributed by atoms with van der Waals surface area (Å²) >= 11 is 7.35. The van der Waals surface area contributed by atoms with Crippen LogP contribution in [0.4, 0.5) is 0 Å². The number of rotatable bonds is 6. The van der Waals surface area contributed by atoms with Gasteiger partial charge in [0.2, 0.25) is 5.78 Å². The molecule has 0 saturated carbocycles. The number of carboxylic acid groups (broad SMARTS) is 1. The lowest BCUT2D eigenvalue weighted by Crippen LogP contribution is -2.18. The van der Waals surface area contributed by atoms with Gasteiger partial charge in [-0.25, -0.2) is 4.79 Å². The molecule has 28 heavy (non-hydrogen) atoms. The summed E-state index contributed by atoms with van der Waals surface area (Å²) in [5.41, 5.74) is 1.07. The standard InChI is InChI=1S/C21H15ClN2O3S/c22-15-9-11-16(12-10-15)28-18-4-2-1-3-17(18)20(25)19(24-23)13-5-7-14(8-6-13)21(26)27/h1-12H,23H2,(H,26,27). The number of aromatic carboxylic acids is 1. The van der Waals surface area contributed by atoms with Crippen molar-refractivity contribution >= 4 is 40.8 Å². The van der Waals surface area contributed by atoms with Gasteiger partial charge in [0.05, 0.1) is 5.56 Å². The summed E-state index contributed by atoms with van der Waals surface area (Å²) in [6, 6.07) is 20.3. The SMILES string of the molecule is NN=C(C(=O)c1ccccc1Sc1ccc(Cl)cc1)c1ccc(C(=O)O)cc1. The molecule has 0 fully saturated rings. The van der Waals surface area contributed by atoms with Crippen LogP contribution in [0.5, 0.6) is 0 Å². The Bertz CT molecular complexity index is 1050. The van der Waals surface area contributed by atoms with E-state index in [1.54, 1.807) is 24.3 Å². The maximum Gasteiger partial charge on any atom is 0.335 e. The summed E-state index contributed by atoms with van der Waals surface area (Å²) in [6.45, 7) is 0. The van der Waals surface area contributed by atoms with Crippen LogP contribution in [-0.4, -0.2) is 22.6 Å². The molecule has 3 aromatic carbocycles. The van der Waals surface area contributed by atoms with E-state index in [2.05, 4.69) is 5.10 Å². The molecule has 0 radical (unpaired) electrons. The molecule has 0 aromatic heterocycles. The van der Waals surface area contributed by atoms with Gasteiger partial charge >= 0.3 is 5.97 Å². The van der Waals surface area contributed by atoms with Crippen molar-refractivity contribution in [2.75, 3.05) is 0 Å². The number of benzene rings is 3. The van der Waals surface area contributed by atoms with E-state index in [0.717, 1.165) is 9.79 Å². The Labute approximate surface area is 170 Å². The van der Waals surface area contributed by atoms with Crippen LogP contribution >= 0.6 is 23.4 Å². The number of nitrogens with two attached hydrogens (primary N) is 1. The highest BCUT2D eigenvalue weighted by molar-refractivity contribution is 7.99. The lowest BCUT2D eigenvalue weighted by atomic mass is 9.99. The molecule has 0 atom stereocenters. The third kappa shape index (κ3) is 4.42. The van der Waals surface area contributed by atoms with E-state index in [1.807, 2.05) is 24.3 Å². The predicted molar refractivity (Wildman–Crippen MR) is 110 cm³/mol. The molecule has 0 heterocycles. The van der Waals surface area contributed by atoms with E-state index in [4.69, 9.17) is 22.6 Å². The van der Waals surface area contributed by atoms with Crippen molar-refractivity contribution in [1.82, 2.24) is 0 Å². The summed E-state index contributed by atoms with van der Waals surface area (Å²) in [6.07, 6.45) is 0. The number of ketones is 1. The highest BCUT2D eigenvalue weighted by Gasteiger charge is 2.20. The number of carbonyl (C=O) groups excluding carboxylic acids is 1. The van der Waals surface area contributed by atoms with Gasteiger partial charge in [-0.15, -0.1) is 0 Å². The number of hydrogen-bond donors (Lipinski definition) is 2. The quantitative estimate of drug-likeness (QED) is 0.265. The molecule has 0 amide bonds. The Kier molecular flexibility index (Phi) is 6.13. The minimum absolute atomic E-state index is 0.0566. The van der Waals surface area contributed by atoms with Crippen LogP contribution in [0.3, 0.4) is 0 Å². The van der Waals surface area contributed by atoms with E-state index in [-0.39, 0.29) is 17.1 Å². The van der Waals surface area contributed by atoms with E-state index in [1.165, 1.54) is 36.0 Å². The van der Waals surface area contributed by atoms with E-state index >= 15 is 0 Å². The molecule has 0 spiro atoms. The zero-order valence-electron chi connectivity index (χ0n) is 14.5. The highest BCUT2D eigenvalue weighted by Crippen LogP contribution is 2.31. The number of hydrogen-bond acceptors (Lipinski definition) is 5. The fourth-order valence-electron chi connectivity index (χ4n) is 2.54. The van der Waals surface area contributed by atoms with Crippen LogP contribution in [0.15, 0.2) is 87.7 Å². The molecule has 3 aromatic rings. The Morgan fingerprint density at radius 1 is 0.893 bits per heavy atom. The highest BCUT2D eigenvalue weighted by atomic mass is 35.5. The number of carboxylic acids is 1. The first kappa shape index (κ1) is 19.7. The lowest BCUT2D eigenvalue weighted by Gasteiger charge is -2.10. The van der Waals surface area contributed by atoms with Crippen molar-refractivity contribution in [3.63, 3.8) is 0 Å². The second kappa shape index (κ2) is 8.73. The van der Waals surface area contributed by atoms with Gasteiger partial charge in [0.25, 0.3) is 0 Å². The lowest BCUT2D eigenvalue weighted by molar-refractivity contribution is 0.0696. The minimum atomic E-state index is -1.05. The number of hydrazone groups is 1. The van der Waals surface area contributed by atoms with Crippen LogP contribution < -0.4 is 5.84 Å². The zero-order chi connectivity index (χ0) is 20.1. The fourth-order valence-corrected chi connectivity index (χ4v) is 3.60. The molecule has 7 heteroatoms. The Hall–Kier alpha value is -3.09. The van der Waals surface area contributed by atoms with Crippen LogP contribution in [0, 0.1) is 0 Å². The Balaban J connectivity index is 1.92. The maximum absolute atomic E-state index is 13.1. The molecule has 5 nitrogen and oxygen atoms in total. The predicted octanol–water partition coefficient (Wildman–Crippen LogP) is 4.74. The van der Waals surface area contributed by atoms with Crippen LogP contribution in [0.2, 0.25) is 5.02 Å². The molecule has 0 unspecified atom stereocenters. The van der Waals surface area contributed by atoms with Crippen molar-refractivity contribution in [2.24, 2.45) is 10.9 Å². The molecular formula is C21H15ClN2O3S. The first-order valence-electron chi connectivity index (χ1n) is 8.18. The first-order chi connectivity index (χ1) is 13.5. The Morgan fingerprint density at radius 2 is 1.50 bits per heavy atom. The molecule has 0 saturated heterocycles. The third-order valence-electron chi connectivity index (χ3n) is 3.92. The second-order valence-corrected chi connectivity index (χ2v) is 7.29. The van der Waals surface area contributed by atoms with Gasteiger partial charge in [-0.2, -0.15) is 5.10 Å². The van der Waals surface area contributed by atoms with Gasteiger partial charge < -0.3 is 10.9 Å². The van der Waals surface area contributed by atoms with Gasteiger partial charge in [-0.1, -0.05) is 47.6 Å². The molecule has 140 valence electrons. The van der Waals surface area contributed by atoms with E-state index in [0.29, 0.717) is 16.1 Å². The summed E-state index contributed by atoms with van der Waals surface area (Å²) in [5, 5.41) is 13.3. The smallest absolute Gasteiger partial charge is 0.335 e. The third-order valence-corrected chi connectivity index (χ3v) is 5.26. The van der Waals surface area contributed by atoms with Gasteiger partial charge in [-0.3, -0.25) is 4.79 Å². The van der Waals surface area contributed by atoms with Gasteiger partial charge in [-0.05, 0) is 48.5 Å². The summed E-state index contributed by atoms with van der Waals surface area (Å²) in [4.78, 5) is 25.8. The Morgan fingerprint density at radius 3 is 2.11 bits per heavy atom. The normalized spacial score (nSPS) is 11.2. The number of carbonyl (C=O) groups is 2. The summed E-state index contributed by atoms with van der Waals surface area (Å²) < 4.78 is 0. The zero-order valence-corrected chi connectivity index (χ0v) is 16.1. The van der Waals surface area contributed by atoms with Crippen molar-refractivity contribution in [3.8, 4) is 0 Å². The molecular weight excluding hydrogens is 396 g/mol. The average Bonchev–Trinajstić information content (AvgIpc) is 2.71. The fraction of sp³-hybridized carbons (Fsp3) is 0. The molecule has 3 rings (SSSR count). The first-order valence-corrected chi connectivity index (χ1v) is 9.38. The van der Waals surface area contributed by atoms with Crippen LogP contribution in [0.25, 0.3) is 0 Å². The van der Waals surface area contributed by atoms with Crippen molar-refractivity contribution in [1.29, 1.82) is 0 Å². The summed E-state index contributed by atoms with van der Waals surface area (Å²) in [7, 11) is 0. The van der Waals surface area contributed by atoms with E-state index in [9.17, 15) is 9.59 Å². The topological polar surface area (TPSA) is 92.8 Å². The minimum Gasteiger partial charge on any atom is -0.478 e. The van der Waals surface area contributed by atoms with Gasteiger partial charge in [0, 0.05) is 25.9 Å². The summed E-state index contributed by atoms with van der Waals surface area (Å²) in [5.74, 6) is 4.10. The largest absolute Gasteiger partial charge is 0.478 e. The molecule has 0 aliphatic rings. The monoisotopic (exact) mass is 410 g/mol.